The van der Waals surface area contributed by atoms with Gasteiger partial charge in [-0.2, -0.15) is 0 Å². The molecule has 0 aliphatic heterocycles. The van der Waals surface area contributed by atoms with E-state index < -0.39 is 7.60 Å². The minimum Gasteiger partial charge on any atom is -0.306 e. The highest BCUT2D eigenvalue weighted by atomic mass is 31.2. The Balaban J connectivity index is 1.95. The Hall–Kier alpha value is -1.15. The van der Waals surface area contributed by atoms with Crippen LogP contribution in [0.2, 0.25) is 0 Å². The average Bonchev–Trinajstić information content (AvgIpc) is 2.54. The average molecular weight is 318 g/mol. The van der Waals surface area contributed by atoms with Crippen LogP contribution in [0.5, 0.6) is 0 Å². The number of aryl methyl sites for hydroxylation is 1. The highest BCUT2D eigenvalue weighted by molar-refractivity contribution is 7.58. The molecule has 4 heteroatoms. The second kappa shape index (κ2) is 6.54. The Kier molecular flexibility index (Phi) is 4.67. The van der Waals surface area contributed by atoms with Crippen LogP contribution in [-0.4, -0.2) is 13.2 Å². The molecule has 1 aromatic rings. The van der Waals surface area contributed by atoms with Crippen molar-refractivity contribution in [3.05, 3.63) is 52.9 Å². The molecule has 0 saturated heterocycles. The molecule has 0 unspecified atom stereocenters. The van der Waals surface area contributed by atoms with E-state index in [0.717, 1.165) is 24.6 Å². The molecule has 22 heavy (non-hydrogen) atoms. The summed E-state index contributed by atoms with van der Waals surface area (Å²) in [6, 6.07) is 8.59. The summed E-state index contributed by atoms with van der Waals surface area (Å²) in [4.78, 5) is 0. The Labute approximate surface area is 132 Å². The summed E-state index contributed by atoms with van der Waals surface area (Å²) in [6.07, 6.45) is 7.03. The van der Waals surface area contributed by atoms with Crippen molar-refractivity contribution in [1.29, 1.82) is 0 Å². The first-order chi connectivity index (χ1) is 10.7. The first-order valence-corrected chi connectivity index (χ1v) is 9.61. The Morgan fingerprint density at radius 3 is 2.59 bits per heavy atom. The topological polar surface area (TPSA) is 35.5 Å². The summed E-state index contributed by atoms with van der Waals surface area (Å²) in [5.41, 5.74) is 4.13. The molecule has 0 saturated carbocycles. The largest absolute Gasteiger partial charge is 0.357 e. The van der Waals surface area contributed by atoms with Crippen LogP contribution < -0.4 is 0 Å². The quantitative estimate of drug-likeness (QED) is 0.701. The van der Waals surface area contributed by atoms with Crippen LogP contribution in [0.1, 0.15) is 37.8 Å². The molecule has 118 valence electrons. The molecule has 1 atom stereocenters. The van der Waals surface area contributed by atoms with Gasteiger partial charge in [0.25, 0.3) is 0 Å². The SMILES string of the molecule is CCOP(=O)(OCC)C1=CC=C2c3ccccc3CC[C@H]2C1. The molecule has 0 radical (unpaired) electrons. The van der Waals surface area contributed by atoms with Crippen molar-refractivity contribution in [2.24, 2.45) is 5.92 Å². The summed E-state index contributed by atoms with van der Waals surface area (Å²) in [7, 11) is -3.13. The van der Waals surface area contributed by atoms with E-state index in [2.05, 4.69) is 30.3 Å². The Morgan fingerprint density at radius 1 is 1.14 bits per heavy atom. The summed E-state index contributed by atoms with van der Waals surface area (Å²) < 4.78 is 23.9. The van der Waals surface area contributed by atoms with Gasteiger partial charge in [0.15, 0.2) is 0 Å². The van der Waals surface area contributed by atoms with Crippen molar-refractivity contribution in [3.63, 3.8) is 0 Å². The van der Waals surface area contributed by atoms with E-state index in [1.807, 2.05) is 19.9 Å². The summed E-state index contributed by atoms with van der Waals surface area (Å²) in [6.45, 7) is 4.51. The molecular weight excluding hydrogens is 295 g/mol. The van der Waals surface area contributed by atoms with Crippen LogP contribution in [0.3, 0.4) is 0 Å². The molecule has 3 rings (SSSR count). The zero-order valence-corrected chi connectivity index (χ0v) is 14.1. The van der Waals surface area contributed by atoms with E-state index in [1.54, 1.807) is 0 Å². The molecule has 0 N–H and O–H groups in total. The van der Waals surface area contributed by atoms with Crippen LogP contribution in [-0.2, 0) is 20.0 Å². The maximum atomic E-state index is 12.9. The smallest absolute Gasteiger partial charge is 0.306 e. The van der Waals surface area contributed by atoms with E-state index >= 15 is 0 Å². The minimum atomic E-state index is -3.13. The monoisotopic (exact) mass is 318 g/mol. The van der Waals surface area contributed by atoms with Gasteiger partial charge in [0.2, 0.25) is 0 Å². The van der Waals surface area contributed by atoms with Gasteiger partial charge in [-0.1, -0.05) is 36.4 Å². The van der Waals surface area contributed by atoms with Crippen molar-refractivity contribution >= 4 is 13.2 Å². The number of hydrogen-bond acceptors (Lipinski definition) is 3. The van der Waals surface area contributed by atoms with Gasteiger partial charge in [0, 0.05) is 5.31 Å². The fourth-order valence-electron chi connectivity index (χ4n) is 3.42. The van der Waals surface area contributed by atoms with E-state index in [4.69, 9.17) is 9.05 Å². The maximum Gasteiger partial charge on any atom is 0.357 e. The van der Waals surface area contributed by atoms with Gasteiger partial charge in [-0.25, -0.2) is 0 Å². The maximum absolute atomic E-state index is 12.9. The molecule has 0 bridgehead atoms. The first kappa shape index (κ1) is 15.7. The first-order valence-electron chi connectivity index (χ1n) is 8.06. The lowest BCUT2D eigenvalue weighted by Crippen LogP contribution is -2.17. The summed E-state index contributed by atoms with van der Waals surface area (Å²) >= 11 is 0. The predicted octanol–water partition coefficient (Wildman–Crippen LogP) is 5.19. The molecule has 0 heterocycles. The van der Waals surface area contributed by atoms with E-state index in [-0.39, 0.29) is 0 Å². The van der Waals surface area contributed by atoms with E-state index in [9.17, 15) is 4.57 Å². The van der Waals surface area contributed by atoms with Gasteiger partial charge in [0.1, 0.15) is 0 Å². The van der Waals surface area contributed by atoms with Crippen LogP contribution in [0.4, 0.5) is 0 Å². The van der Waals surface area contributed by atoms with Crippen LogP contribution in [0, 0.1) is 5.92 Å². The van der Waals surface area contributed by atoms with Gasteiger partial charge in [-0.15, -0.1) is 0 Å². The summed E-state index contributed by atoms with van der Waals surface area (Å²) in [5, 5.41) is 0.823. The normalized spacial score (nSPS) is 20.7. The summed E-state index contributed by atoms with van der Waals surface area (Å²) in [5.74, 6) is 0.420. The predicted molar refractivity (Wildman–Crippen MR) is 89.8 cm³/mol. The molecule has 0 amide bonds. The third kappa shape index (κ3) is 2.86. The molecule has 2 aliphatic carbocycles. The van der Waals surface area contributed by atoms with Crippen molar-refractivity contribution in [2.45, 2.75) is 33.1 Å². The zero-order valence-electron chi connectivity index (χ0n) is 13.2. The van der Waals surface area contributed by atoms with Crippen molar-refractivity contribution in [2.75, 3.05) is 13.2 Å². The second-order valence-corrected chi connectivity index (χ2v) is 7.80. The minimum absolute atomic E-state index is 0.401. The number of allylic oxidation sites excluding steroid dienone is 4. The van der Waals surface area contributed by atoms with Gasteiger partial charge in [-0.3, -0.25) is 4.57 Å². The van der Waals surface area contributed by atoms with Crippen LogP contribution in [0.25, 0.3) is 5.57 Å². The lowest BCUT2D eigenvalue weighted by molar-refractivity contribution is 0.224. The van der Waals surface area contributed by atoms with E-state index in [0.29, 0.717) is 19.1 Å². The van der Waals surface area contributed by atoms with Crippen molar-refractivity contribution < 1.29 is 13.6 Å². The van der Waals surface area contributed by atoms with Crippen molar-refractivity contribution in [1.82, 2.24) is 0 Å². The van der Waals surface area contributed by atoms with Crippen LogP contribution in [0.15, 0.2) is 41.7 Å². The Morgan fingerprint density at radius 2 is 1.86 bits per heavy atom. The fourth-order valence-corrected chi connectivity index (χ4v) is 5.20. The van der Waals surface area contributed by atoms with Crippen molar-refractivity contribution in [3.8, 4) is 0 Å². The third-order valence-electron chi connectivity index (χ3n) is 4.39. The lowest BCUT2D eigenvalue weighted by Gasteiger charge is -2.32. The fraction of sp³-hybridized carbons (Fsp3) is 0.444. The van der Waals surface area contributed by atoms with Gasteiger partial charge < -0.3 is 9.05 Å². The molecular formula is C18H23O3P. The highest BCUT2D eigenvalue weighted by Gasteiger charge is 2.35. The lowest BCUT2D eigenvalue weighted by atomic mass is 9.76. The highest BCUT2D eigenvalue weighted by Crippen LogP contribution is 2.60. The second-order valence-electron chi connectivity index (χ2n) is 5.71. The van der Waals surface area contributed by atoms with Gasteiger partial charge >= 0.3 is 7.60 Å². The van der Waals surface area contributed by atoms with Gasteiger partial charge in [-0.05, 0) is 55.7 Å². The molecule has 3 nitrogen and oxygen atoms in total. The molecule has 0 spiro atoms. The number of benzene rings is 1. The molecule has 0 fully saturated rings. The molecule has 0 aromatic heterocycles. The molecule has 1 aromatic carbocycles. The zero-order chi connectivity index (χ0) is 15.6. The molecule has 2 aliphatic rings. The number of fused-ring (bicyclic) bond motifs is 3. The van der Waals surface area contributed by atoms with E-state index in [1.165, 1.54) is 16.7 Å². The Bertz CT molecular complexity index is 650. The van der Waals surface area contributed by atoms with Crippen LogP contribution >= 0.6 is 7.60 Å². The standard InChI is InChI=1S/C18H23O3P/c1-3-20-22(19,21-4-2)16-11-12-18-15(13-16)10-9-14-7-5-6-8-17(14)18/h5-8,11-12,15H,3-4,9-10,13H2,1-2H3/t15-/m0/s1. The van der Waals surface area contributed by atoms with Gasteiger partial charge in [0.05, 0.1) is 13.2 Å². The number of rotatable bonds is 5. The third-order valence-corrected chi connectivity index (χ3v) is 6.62. The number of hydrogen-bond donors (Lipinski definition) is 0.